The lowest BCUT2D eigenvalue weighted by atomic mass is 9.79. The Morgan fingerprint density at radius 1 is 1.23 bits per heavy atom. The molecule has 1 aromatic carbocycles. The van der Waals surface area contributed by atoms with E-state index in [4.69, 9.17) is 0 Å². The van der Waals surface area contributed by atoms with Crippen molar-refractivity contribution in [3.63, 3.8) is 0 Å². The number of halogens is 2. The average Bonchev–Trinajstić information content (AvgIpc) is 2.42. The van der Waals surface area contributed by atoms with Crippen LogP contribution in [0.5, 0.6) is 0 Å². The van der Waals surface area contributed by atoms with Gasteiger partial charge >= 0.3 is 0 Å². The number of hydrogen-bond acceptors (Lipinski definition) is 2. The highest BCUT2D eigenvalue weighted by atomic mass is 19.3. The second-order valence-corrected chi connectivity index (χ2v) is 6.89. The van der Waals surface area contributed by atoms with Gasteiger partial charge in [-0.25, -0.2) is 8.78 Å². The van der Waals surface area contributed by atoms with Crippen molar-refractivity contribution in [3.05, 3.63) is 35.4 Å². The normalized spacial score (nSPS) is 29.8. The molecule has 2 N–H and O–H groups in total. The lowest BCUT2D eigenvalue weighted by molar-refractivity contribution is -0.144. The average molecular weight is 309 g/mol. The van der Waals surface area contributed by atoms with Gasteiger partial charge in [0.2, 0.25) is 0 Å². The van der Waals surface area contributed by atoms with Gasteiger partial charge in [0.1, 0.15) is 6.10 Å². The third-order valence-electron chi connectivity index (χ3n) is 5.29. The maximum Gasteiger partial charge on any atom is 0.274 e. The quantitative estimate of drug-likeness (QED) is 0.875. The molecule has 3 rings (SSSR count). The van der Waals surface area contributed by atoms with Gasteiger partial charge in [0, 0.05) is 18.5 Å². The van der Waals surface area contributed by atoms with Crippen molar-refractivity contribution in [2.75, 3.05) is 0 Å². The number of aliphatic hydroxyl groups is 1. The Hall–Kier alpha value is -1.00. The summed E-state index contributed by atoms with van der Waals surface area (Å²) < 4.78 is 27.3. The van der Waals surface area contributed by atoms with Gasteiger partial charge < -0.3 is 10.4 Å². The molecule has 0 amide bonds. The molecule has 0 heterocycles. The summed E-state index contributed by atoms with van der Waals surface area (Å²) in [6, 6.07) is 7.86. The van der Waals surface area contributed by atoms with E-state index in [1.54, 1.807) is 0 Å². The van der Waals surface area contributed by atoms with Crippen molar-refractivity contribution in [2.24, 2.45) is 0 Å². The molecule has 2 nitrogen and oxygen atoms in total. The molecule has 0 radical (unpaired) electrons. The summed E-state index contributed by atoms with van der Waals surface area (Å²) in [7, 11) is 0. The van der Waals surface area contributed by atoms with E-state index in [1.807, 2.05) is 19.1 Å². The Labute approximate surface area is 130 Å². The van der Waals surface area contributed by atoms with E-state index >= 15 is 0 Å². The van der Waals surface area contributed by atoms with Gasteiger partial charge in [-0.1, -0.05) is 30.7 Å². The largest absolute Gasteiger partial charge is 0.385 e. The number of rotatable bonds is 4. The molecule has 2 aliphatic carbocycles. The summed E-state index contributed by atoms with van der Waals surface area (Å²) in [6.45, 7) is 1.99. The van der Waals surface area contributed by atoms with Crippen molar-refractivity contribution in [3.8, 4) is 0 Å². The highest BCUT2D eigenvalue weighted by molar-refractivity contribution is 5.29. The summed E-state index contributed by atoms with van der Waals surface area (Å²) >= 11 is 0. The summed E-state index contributed by atoms with van der Waals surface area (Å²) in [6.07, 6.45) is 3.06. The van der Waals surface area contributed by atoms with Crippen molar-refractivity contribution in [1.29, 1.82) is 0 Å². The number of hydrogen-bond donors (Lipinski definition) is 2. The van der Waals surface area contributed by atoms with E-state index in [0.717, 1.165) is 5.56 Å². The van der Waals surface area contributed by atoms with E-state index < -0.39 is 18.1 Å². The summed E-state index contributed by atoms with van der Waals surface area (Å²) in [4.78, 5) is 0. The van der Waals surface area contributed by atoms with E-state index in [2.05, 4.69) is 17.4 Å². The molecule has 0 spiro atoms. The number of aliphatic hydroxyl groups excluding tert-OH is 1. The fraction of sp³-hybridized carbons (Fsp3) is 0.667. The molecule has 22 heavy (non-hydrogen) atoms. The minimum absolute atomic E-state index is 0.0337. The van der Waals surface area contributed by atoms with Crippen molar-refractivity contribution in [1.82, 2.24) is 5.32 Å². The SMILES string of the molecule is CC(N[C@H]1CCCC(F)(F)[C@@H]1O)c1cccc(C2CCC2)c1. The molecule has 2 aliphatic rings. The van der Waals surface area contributed by atoms with Crippen molar-refractivity contribution < 1.29 is 13.9 Å². The minimum Gasteiger partial charge on any atom is -0.385 e. The second-order valence-electron chi connectivity index (χ2n) is 6.89. The highest BCUT2D eigenvalue weighted by Crippen LogP contribution is 2.37. The maximum absolute atomic E-state index is 13.6. The van der Waals surface area contributed by atoms with Crippen LogP contribution in [0.3, 0.4) is 0 Å². The third-order valence-corrected chi connectivity index (χ3v) is 5.29. The van der Waals surface area contributed by atoms with E-state index in [0.29, 0.717) is 18.8 Å². The number of benzene rings is 1. The van der Waals surface area contributed by atoms with Crippen LogP contribution in [0.4, 0.5) is 8.78 Å². The van der Waals surface area contributed by atoms with Crippen molar-refractivity contribution in [2.45, 2.75) is 75.5 Å². The summed E-state index contributed by atoms with van der Waals surface area (Å²) in [5, 5.41) is 13.1. The van der Waals surface area contributed by atoms with Gasteiger partial charge in [0.05, 0.1) is 0 Å². The molecule has 1 aromatic rings. The molecule has 0 bridgehead atoms. The predicted molar refractivity (Wildman–Crippen MR) is 83.2 cm³/mol. The zero-order valence-electron chi connectivity index (χ0n) is 13.1. The molecule has 0 aliphatic heterocycles. The predicted octanol–water partition coefficient (Wildman–Crippen LogP) is 4.15. The highest BCUT2D eigenvalue weighted by Gasteiger charge is 2.46. The fourth-order valence-electron chi connectivity index (χ4n) is 3.57. The van der Waals surface area contributed by atoms with Gasteiger partial charge in [0.25, 0.3) is 5.92 Å². The molecule has 0 saturated heterocycles. The van der Waals surface area contributed by atoms with Crippen molar-refractivity contribution >= 4 is 0 Å². The standard InChI is InChI=1S/C18H25F2NO/c1-12(21-16-9-4-10-18(19,20)17(16)22)14-7-3-8-15(11-14)13-5-2-6-13/h3,7-8,11-13,16-17,21-22H,2,4-6,9-10H2,1H3/t12?,16-,17+/m0/s1. The lowest BCUT2D eigenvalue weighted by Gasteiger charge is -2.36. The molecule has 122 valence electrons. The molecular weight excluding hydrogens is 284 g/mol. The maximum atomic E-state index is 13.6. The summed E-state index contributed by atoms with van der Waals surface area (Å²) in [5.74, 6) is -2.31. The molecule has 3 atom stereocenters. The van der Waals surface area contributed by atoms with Gasteiger partial charge in [-0.15, -0.1) is 0 Å². The van der Waals surface area contributed by atoms with Crippen LogP contribution in [0, 0.1) is 0 Å². The van der Waals surface area contributed by atoms with Gasteiger partial charge in [-0.2, -0.15) is 0 Å². The van der Waals surface area contributed by atoms with Crippen LogP contribution < -0.4 is 5.32 Å². The van der Waals surface area contributed by atoms with E-state index in [9.17, 15) is 13.9 Å². The Balaban J connectivity index is 1.67. The Bertz CT molecular complexity index is 516. The Morgan fingerprint density at radius 2 is 2.00 bits per heavy atom. The van der Waals surface area contributed by atoms with Gasteiger partial charge in [-0.3, -0.25) is 0 Å². The fourth-order valence-corrected chi connectivity index (χ4v) is 3.57. The van der Waals surface area contributed by atoms with Crippen LogP contribution in [-0.2, 0) is 0 Å². The Morgan fingerprint density at radius 3 is 2.68 bits per heavy atom. The minimum atomic E-state index is -2.97. The van der Waals surface area contributed by atoms with Crippen LogP contribution in [0.25, 0.3) is 0 Å². The molecule has 2 saturated carbocycles. The molecule has 4 heteroatoms. The monoisotopic (exact) mass is 309 g/mol. The zero-order chi connectivity index (χ0) is 15.7. The number of nitrogens with one attached hydrogen (secondary N) is 1. The smallest absolute Gasteiger partial charge is 0.274 e. The second kappa shape index (κ2) is 6.25. The summed E-state index contributed by atoms with van der Waals surface area (Å²) in [5.41, 5.74) is 2.47. The van der Waals surface area contributed by atoms with Crippen LogP contribution in [0.2, 0.25) is 0 Å². The van der Waals surface area contributed by atoms with Crippen LogP contribution >= 0.6 is 0 Å². The molecule has 2 fully saturated rings. The van der Waals surface area contributed by atoms with E-state index in [-0.39, 0.29) is 12.5 Å². The Kier molecular flexibility index (Phi) is 4.51. The van der Waals surface area contributed by atoms with Gasteiger partial charge in [-0.05, 0) is 49.7 Å². The van der Waals surface area contributed by atoms with Crippen LogP contribution in [-0.4, -0.2) is 23.2 Å². The first-order valence-electron chi connectivity index (χ1n) is 8.39. The van der Waals surface area contributed by atoms with E-state index in [1.165, 1.54) is 24.8 Å². The molecule has 0 aromatic heterocycles. The molecular formula is C18H25F2NO. The molecule has 1 unspecified atom stereocenters. The van der Waals surface area contributed by atoms with Crippen LogP contribution in [0.15, 0.2) is 24.3 Å². The van der Waals surface area contributed by atoms with Crippen LogP contribution in [0.1, 0.15) is 68.5 Å². The number of alkyl halides is 2. The first-order chi connectivity index (χ1) is 10.5. The zero-order valence-corrected chi connectivity index (χ0v) is 13.1. The first kappa shape index (κ1) is 15.9. The third kappa shape index (κ3) is 3.18. The van der Waals surface area contributed by atoms with Gasteiger partial charge in [0.15, 0.2) is 0 Å². The lowest BCUT2D eigenvalue weighted by Crippen LogP contribution is -2.53. The topological polar surface area (TPSA) is 32.3 Å². The first-order valence-corrected chi connectivity index (χ1v) is 8.39.